The summed E-state index contributed by atoms with van der Waals surface area (Å²) in [7, 11) is 0. The Hall–Kier alpha value is -1.70. The van der Waals surface area contributed by atoms with Gasteiger partial charge in [0.25, 0.3) is 0 Å². The Bertz CT molecular complexity index is 443. The lowest BCUT2D eigenvalue weighted by atomic mass is 10.1. The van der Waals surface area contributed by atoms with E-state index in [0.29, 0.717) is 11.8 Å². The van der Waals surface area contributed by atoms with Crippen LogP contribution in [0.4, 0.5) is 0 Å². The van der Waals surface area contributed by atoms with E-state index in [1.54, 1.807) is 6.07 Å². The first-order valence-corrected chi connectivity index (χ1v) is 5.15. The fraction of sp³-hybridized carbons (Fsp3) is 0.231. The number of hydrogen-bond donors (Lipinski definition) is 1. The van der Waals surface area contributed by atoms with Gasteiger partial charge in [-0.1, -0.05) is 30.3 Å². The molecule has 1 heterocycles. The molecule has 78 valence electrons. The molecule has 0 amide bonds. The van der Waals surface area contributed by atoms with Crippen LogP contribution in [0.25, 0.3) is 11.3 Å². The van der Waals surface area contributed by atoms with Crippen LogP contribution in [-0.4, -0.2) is 9.67 Å². The van der Waals surface area contributed by atoms with Crippen LogP contribution in [0.1, 0.15) is 19.9 Å². The SMILES string of the molecule is CC(C)n1ccc(O)c1-c1ccccc1. The smallest absolute Gasteiger partial charge is 0.141 e. The molecule has 0 atom stereocenters. The van der Waals surface area contributed by atoms with Crippen LogP contribution < -0.4 is 0 Å². The normalized spacial score (nSPS) is 10.9. The fourth-order valence-corrected chi connectivity index (χ4v) is 1.76. The van der Waals surface area contributed by atoms with E-state index in [0.717, 1.165) is 11.3 Å². The summed E-state index contributed by atoms with van der Waals surface area (Å²) in [6.07, 6.45) is 1.92. The summed E-state index contributed by atoms with van der Waals surface area (Å²) in [4.78, 5) is 0. The topological polar surface area (TPSA) is 25.2 Å². The van der Waals surface area contributed by atoms with Gasteiger partial charge in [0.2, 0.25) is 0 Å². The van der Waals surface area contributed by atoms with Crippen LogP contribution >= 0.6 is 0 Å². The van der Waals surface area contributed by atoms with Gasteiger partial charge in [-0.25, -0.2) is 0 Å². The van der Waals surface area contributed by atoms with Gasteiger partial charge in [0.1, 0.15) is 5.75 Å². The van der Waals surface area contributed by atoms with Crippen molar-refractivity contribution < 1.29 is 5.11 Å². The van der Waals surface area contributed by atoms with Gasteiger partial charge in [-0.15, -0.1) is 0 Å². The van der Waals surface area contributed by atoms with Crippen molar-refractivity contribution >= 4 is 0 Å². The molecule has 0 aliphatic rings. The molecule has 0 unspecified atom stereocenters. The van der Waals surface area contributed by atoms with Crippen molar-refractivity contribution in [1.82, 2.24) is 4.57 Å². The molecule has 0 aliphatic carbocycles. The average molecular weight is 201 g/mol. The zero-order valence-corrected chi connectivity index (χ0v) is 9.01. The van der Waals surface area contributed by atoms with Crippen molar-refractivity contribution in [2.75, 3.05) is 0 Å². The van der Waals surface area contributed by atoms with Gasteiger partial charge in [0.05, 0.1) is 5.69 Å². The molecular formula is C13H15NO. The van der Waals surface area contributed by atoms with Gasteiger partial charge in [0.15, 0.2) is 0 Å². The third-order valence-corrected chi connectivity index (χ3v) is 2.50. The molecule has 2 rings (SSSR count). The molecule has 0 saturated carbocycles. The second kappa shape index (κ2) is 3.81. The van der Waals surface area contributed by atoms with E-state index in [2.05, 4.69) is 18.4 Å². The molecule has 0 aliphatic heterocycles. The minimum atomic E-state index is 0.343. The predicted octanol–water partition coefficient (Wildman–Crippen LogP) is 3.44. The van der Waals surface area contributed by atoms with E-state index >= 15 is 0 Å². The molecule has 1 aromatic carbocycles. The van der Waals surface area contributed by atoms with Crippen LogP contribution in [0.3, 0.4) is 0 Å². The lowest BCUT2D eigenvalue weighted by molar-refractivity contribution is 0.474. The molecule has 0 radical (unpaired) electrons. The number of aromatic nitrogens is 1. The summed E-state index contributed by atoms with van der Waals surface area (Å²) in [5.74, 6) is 0.343. The minimum absolute atomic E-state index is 0.343. The summed E-state index contributed by atoms with van der Waals surface area (Å²) >= 11 is 0. The van der Waals surface area contributed by atoms with Crippen molar-refractivity contribution in [3.63, 3.8) is 0 Å². The first-order valence-electron chi connectivity index (χ1n) is 5.15. The molecule has 0 saturated heterocycles. The van der Waals surface area contributed by atoms with Gasteiger partial charge >= 0.3 is 0 Å². The second-order valence-corrected chi connectivity index (χ2v) is 3.92. The molecule has 2 nitrogen and oxygen atoms in total. The Kier molecular flexibility index (Phi) is 2.50. The number of nitrogens with zero attached hydrogens (tertiary/aromatic N) is 1. The summed E-state index contributed by atoms with van der Waals surface area (Å²) < 4.78 is 2.07. The van der Waals surface area contributed by atoms with E-state index in [9.17, 15) is 5.11 Å². The van der Waals surface area contributed by atoms with Crippen molar-refractivity contribution in [3.8, 4) is 17.0 Å². The van der Waals surface area contributed by atoms with E-state index in [4.69, 9.17) is 0 Å². The molecule has 0 fully saturated rings. The third kappa shape index (κ3) is 1.75. The second-order valence-electron chi connectivity index (χ2n) is 3.92. The van der Waals surface area contributed by atoms with Gasteiger partial charge in [0, 0.05) is 17.8 Å². The Morgan fingerprint density at radius 2 is 1.73 bits per heavy atom. The van der Waals surface area contributed by atoms with Gasteiger partial charge < -0.3 is 9.67 Å². The fourth-order valence-electron chi connectivity index (χ4n) is 1.76. The van der Waals surface area contributed by atoms with Crippen LogP contribution in [-0.2, 0) is 0 Å². The zero-order chi connectivity index (χ0) is 10.8. The molecule has 0 spiro atoms. The van der Waals surface area contributed by atoms with Crippen molar-refractivity contribution in [2.24, 2.45) is 0 Å². The quantitative estimate of drug-likeness (QED) is 0.791. The molecule has 15 heavy (non-hydrogen) atoms. The third-order valence-electron chi connectivity index (χ3n) is 2.50. The Labute approximate surface area is 89.8 Å². The van der Waals surface area contributed by atoms with Crippen molar-refractivity contribution in [2.45, 2.75) is 19.9 Å². The average Bonchev–Trinajstić information content (AvgIpc) is 2.61. The first-order chi connectivity index (χ1) is 7.20. The first kappa shape index (κ1) is 9.84. The van der Waals surface area contributed by atoms with Crippen LogP contribution in [0, 0.1) is 0 Å². The monoisotopic (exact) mass is 201 g/mol. The molecular weight excluding hydrogens is 186 g/mol. The van der Waals surface area contributed by atoms with Crippen molar-refractivity contribution in [1.29, 1.82) is 0 Å². The standard InChI is InChI=1S/C13H15NO/c1-10(2)14-9-8-12(15)13(14)11-6-4-3-5-7-11/h3-10,15H,1-2H3. The Morgan fingerprint density at radius 3 is 2.33 bits per heavy atom. The van der Waals surface area contributed by atoms with Gasteiger partial charge in [-0.3, -0.25) is 0 Å². The molecule has 0 bridgehead atoms. The lowest BCUT2D eigenvalue weighted by Gasteiger charge is -2.13. The summed E-state index contributed by atoms with van der Waals surface area (Å²) in [6.45, 7) is 4.21. The maximum atomic E-state index is 9.81. The summed E-state index contributed by atoms with van der Waals surface area (Å²) in [5, 5.41) is 9.81. The van der Waals surface area contributed by atoms with E-state index < -0.39 is 0 Å². The van der Waals surface area contributed by atoms with Crippen molar-refractivity contribution in [3.05, 3.63) is 42.6 Å². The van der Waals surface area contributed by atoms with E-state index in [-0.39, 0.29) is 0 Å². The Balaban J connectivity index is 2.57. The van der Waals surface area contributed by atoms with E-state index in [1.165, 1.54) is 0 Å². The van der Waals surface area contributed by atoms with E-state index in [1.807, 2.05) is 36.5 Å². The minimum Gasteiger partial charge on any atom is -0.506 e. The number of rotatable bonds is 2. The molecule has 2 aromatic rings. The highest BCUT2D eigenvalue weighted by atomic mass is 16.3. The van der Waals surface area contributed by atoms with Gasteiger partial charge in [-0.2, -0.15) is 0 Å². The zero-order valence-electron chi connectivity index (χ0n) is 9.01. The van der Waals surface area contributed by atoms with Gasteiger partial charge in [-0.05, 0) is 19.9 Å². The number of aromatic hydroxyl groups is 1. The summed E-state index contributed by atoms with van der Waals surface area (Å²) in [6, 6.07) is 12.0. The summed E-state index contributed by atoms with van der Waals surface area (Å²) in [5.41, 5.74) is 1.94. The number of hydrogen-bond acceptors (Lipinski definition) is 1. The maximum Gasteiger partial charge on any atom is 0.141 e. The Morgan fingerprint density at radius 1 is 1.07 bits per heavy atom. The highest BCUT2D eigenvalue weighted by Gasteiger charge is 2.11. The maximum absolute atomic E-state index is 9.81. The molecule has 1 aromatic heterocycles. The number of benzene rings is 1. The molecule has 2 heteroatoms. The lowest BCUT2D eigenvalue weighted by Crippen LogP contribution is -2.00. The predicted molar refractivity (Wildman–Crippen MR) is 61.9 cm³/mol. The highest BCUT2D eigenvalue weighted by molar-refractivity contribution is 5.67. The molecule has 1 N–H and O–H groups in total. The highest BCUT2D eigenvalue weighted by Crippen LogP contribution is 2.32. The van der Waals surface area contributed by atoms with Crippen LogP contribution in [0.15, 0.2) is 42.6 Å². The van der Waals surface area contributed by atoms with Crippen LogP contribution in [0.2, 0.25) is 0 Å². The largest absolute Gasteiger partial charge is 0.506 e. The van der Waals surface area contributed by atoms with Crippen LogP contribution in [0.5, 0.6) is 5.75 Å².